The quantitative estimate of drug-likeness (QED) is 0.891. The number of nitrogens with one attached hydrogen (secondary N) is 1. The lowest BCUT2D eigenvalue weighted by molar-refractivity contribution is -0.140. The van der Waals surface area contributed by atoms with Crippen LogP contribution in [0.4, 0.5) is 0 Å². The highest BCUT2D eigenvalue weighted by molar-refractivity contribution is 5.93. The van der Waals surface area contributed by atoms with Crippen LogP contribution in [0.25, 0.3) is 0 Å². The number of aromatic amines is 1. The van der Waals surface area contributed by atoms with E-state index >= 15 is 0 Å². The van der Waals surface area contributed by atoms with Crippen LogP contribution in [0, 0.1) is 12.8 Å². The van der Waals surface area contributed by atoms with E-state index in [1.165, 1.54) is 6.20 Å². The Balaban J connectivity index is 1.71. The maximum atomic E-state index is 12.7. The molecule has 0 bridgehead atoms. The summed E-state index contributed by atoms with van der Waals surface area (Å²) in [4.78, 5) is 47.4. The van der Waals surface area contributed by atoms with Crippen molar-refractivity contribution in [2.75, 3.05) is 19.6 Å². The van der Waals surface area contributed by atoms with E-state index in [-0.39, 0.29) is 29.0 Å². The van der Waals surface area contributed by atoms with Crippen LogP contribution in [-0.4, -0.2) is 57.3 Å². The molecule has 2 fully saturated rings. The normalized spacial score (nSPS) is 23.5. The number of likely N-dealkylation sites (tertiary alicyclic amines) is 2. The Morgan fingerprint density at radius 3 is 2.88 bits per heavy atom. The van der Waals surface area contributed by atoms with E-state index in [0.717, 1.165) is 32.2 Å². The lowest BCUT2D eigenvalue weighted by atomic mass is 9.83. The van der Waals surface area contributed by atoms with E-state index in [4.69, 9.17) is 0 Å². The number of rotatable bonds is 4. The fraction of sp³-hybridized carbons (Fsp3) is 0.667. The van der Waals surface area contributed by atoms with Crippen LogP contribution >= 0.6 is 0 Å². The van der Waals surface area contributed by atoms with Crippen molar-refractivity contribution >= 4 is 11.8 Å². The largest absolute Gasteiger partial charge is 0.339 e. The predicted molar refractivity (Wildman–Crippen MR) is 93.2 cm³/mol. The number of carbonyl (C=O) groups is 2. The van der Waals surface area contributed by atoms with E-state index in [1.807, 2.05) is 4.90 Å². The molecule has 2 amide bonds. The Morgan fingerprint density at radius 2 is 2.16 bits per heavy atom. The Kier molecular flexibility index (Phi) is 5.20. The summed E-state index contributed by atoms with van der Waals surface area (Å²) in [6.45, 7) is 5.80. The van der Waals surface area contributed by atoms with Crippen LogP contribution in [0.1, 0.15) is 55.2 Å². The summed E-state index contributed by atoms with van der Waals surface area (Å²) in [6, 6.07) is 0.228. The van der Waals surface area contributed by atoms with Gasteiger partial charge in [-0.3, -0.25) is 14.4 Å². The summed E-state index contributed by atoms with van der Waals surface area (Å²) in [6.07, 6.45) is 5.60. The van der Waals surface area contributed by atoms with Gasteiger partial charge in [-0.2, -0.15) is 0 Å². The van der Waals surface area contributed by atoms with E-state index < -0.39 is 0 Å². The third-order valence-corrected chi connectivity index (χ3v) is 5.34. The highest BCUT2D eigenvalue weighted by Gasteiger charge is 2.40. The molecule has 0 aromatic carbocycles. The van der Waals surface area contributed by atoms with Crippen LogP contribution in [0.3, 0.4) is 0 Å². The SMILES string of the molecule is CCCCN1C(=O)CC[C@H]2CN(C(=O)c3cnc(C)[nH]c3=O)CC[C@H]21. The van der Waals surface area contributed by atoms with Gasteiger partial charge in [-0.1, -0.05) is 13.3 Å². The van der Waals surface area contributed by atoms with Gasteiger partial charge < -0.3 is 14.8 Å². The molecule has 0 unspecified atom stereocenters. The fourth-order valence-electron chi connectivity index (χ4n) is 3.96. The van der Waals surface area contributed by atoms with Crippen molar-refractivity contribution in [1.29, 1.82) is 0 Å². The molecule has 7 heteroatoms. The molecule has 7 nitrogen and oxygen atoms in total. The monoisotopic (exact) mass is 346 g/mol. The number of amides is 2. The molecule has 25 heavy (non-hydrogen) atoms. The average molecular weight is 346 g/mol. The summed E-state index contributed by atoms with van der Waals surface area (Å²) in [5, 5.41) is 0. The van der Waals surface area contributed by atoms with Gasteiger partial charge in [0.05, 0.1) is 0 Å². The molecule has 0 saturated carbocycles. The number of nitrogens with zero attached hydrogens (tertiary/aromatic N) is 3. The van der Waals surface area contributed by atoms with E-state index in [1.54, 1.807) is 11.8 Å². The Labute approximate surface area is 147 Å². The van der Waals surface area contributed by atoms with Crippen molar-refractivity contribution < 1.29 is 9.59 Å². The number of H-pyrrole nitrogens is 1. The minimum absolute atomic E-state index is 0.0961. The predicted octanol–water partition coefficient (Wildman–Crippen LogP) is 1.33. The standard InChI is InChI=1S/C18H26N4O3/c1-3-4-8-22-15-7-9-21(11-13(15)5-6-16(22)23)18(25)14-10-19-12(2)20-17(14)24/h10,13,15H,3-9,11H2,1-2H3,(H,19,20,24)/t13-,15+/m0/s1. The van der Waals surface area contributed by atoms with Gasteiger partial charge in [0.2, 0.25) is 5.91 Å². The summed E-state index contributed by atoms with van der Waals surface area (Å²) in [7, 11) is 0. The van der Waals surface area contributed by atoms with E-state index in [2.05, 4.69) is 16.9 Å². The summed E-state index contributed by atoms with van der Waals surface area (Å²) in [5.41, 5.74) is -0.290. The molecule has 2 atom stereocenters. The second kappa shape index (κ2) is 7.37. The lowest BCUT2D eigenvalue weighted by Crippen LogP contribution is -2.57. The average Bonchev–Trinajstić information content (AvgIpc) is 2.60. The molecule has 0 radical (unpaired) electrons. The molecule has 2 aliphatic rings. The number of piperidine rings is 2. The van der Waals surface area contributed by atoms with Crippen LogP contribution in [-0.2, 0) is 4.79 Å². The Bertz CT molecular complexity index is 715. The molecule has 2 saturated heterocycles. The molecular weight excluding hydrogens is 320 g/mol. The van der Waals surface area contributed by atoms with Crippen molar-refractivity contribution in [2.24, 2.45) is 5.92 Å². The molecular formula is C18H26N4O3. The summed E-state index contributed by atoms with van der Waals surface area (Å²) < 4.78 is 0. The second-order valence-corrected chi connectivity index (χ2v) is 7.06. The van der Waals surface area contributed by atoms with Crippen LogP contribution in [0.2, 0.25) is 0 Å². The molecule has 2 aliphatic heterocycles. The van der Waals surface area contributed by atoms with Crippen LogP contribution in [0.15, 0.2) is 11.0 Å². The van der Waals surface area contributed by atoms with Gasteiger partial charge in [0, 0.05) is 38.3 Å². The van der Waals surface area contributed by atoms with Gasteiger partial charge in [-0.25, -0.2) is 4.98 Å². The first kappa shape index (κ1) is 17.6. The first-order chi connectivity index (χ1) is 12.0. The summed E-state index contributed by atoms with van der Waals surface area (Å²) in [5.74, 6) is 0.778. The number of carbonyl (C=O) groups excluding carboxylic acids is 2. The number of aromatic nitrogens is 2. The van der Waals surface area contributed by atoms with Gasteiger partial charge in [0.1, 0.15) is 11.4 Å². The Hall–Kier alpha value is -2.18. The maximum Gasteiger partial charge on any atom is 0.263 e. The van der Waals surface area contributed by atoms with E-state index in [9.17, 15) is 14.4 Å². The highest BCUT2D eigenvalue weighted by atomic mass is 16.2. The molecule has 0 aliphatic carbocycles. The van der Waals surface area contributed by atoms with Crippen LogP contribution < -0.4 is 5.56 Å². The number of hydrogen-bond acceptors (Lipinski definition) is 4. The van der Waals surface area contributed by atoms with Gasteiger partial charge in [0.15, 0.2) is 0 Å². The number of hydrogen-bond donors (Lipinski definition) is 1. The molecule has 1 N–H and O–H groups in total. The molecule has 0 spiro atoms. The molecule has 1 aromatic heterocycles. The first-order valence-corrected chi connectivity index (χ1v) is 9.16. The highest BCUT2D eigenvalue weighted by Crippen LogP contribution is 2.31. The minimum atomic E-state index is -0.386. The number of unbranched alkanes of at least 4 members (excludes halogenated alkanes) is 1. The fourth-order valence-corrected chi connectivity index (χ4v) is 3.96. The molecule has 3 heterocycles. The smallest absolute Gasteiger partial charge is 0.263 e. The van der Waals surface area contributed by atoms with Crippen LogP contribution in [0.5, 0.6) is 0 Å². The number of aryl methyl sites for hydroxylation is 1. The molecule has 3 rings (SSSR count). The van der Waals surface area contributed by atoms with Gasteiger partial charge in [0.25, 0.3) is 11.5 Å². The zero-order valence-corrected chi connectivity index (χ0v) is 15.0. The van der Waals surface area contributed by atoms with Crippen molar-refractivity contribution in [3.05, 3.63) is 27.9 Å². The molecule has 1 aromatic rings. The van der Waals surface area contributed by atoms with Gasteiger partial charge in [-0.05, 0) is 32.1 Å². The first-order valence-electron chi connectivity index (χ1n) is 9.16. The number of fused-ring (bicyclic) bond motifs is 1. The van der Waals surface area contributed by atoms with Crippen molar-refractivity contribution in [3.63, 3.8) is 0 Å². The van der Waals surface area contributed by atoms with Crippen molar-refractivity contribution in [1.82, 2.24) is 19.8 Å². The summed E-state index contributed by atoms with van der Waals surface area (Å²) >= 11 is 0. The van der Waals surface area contributed by atoms with Gasteiger partial charge in [-0.15, -0.1) is 0 Å². The Morgan fingerprint density at radius 1 is 1.36 bits per heavy atom. The van der Waals surface area contributed by atoms with Crippen molar-refractivity contribution in [2.45, 2.75) is 52.0 Å². The second-order valence-electron chi connectivity index (χ2n) is 7.06. The van der Waals surface area contributed by atoms with Gasteiger partial charge >= 0.3 is 0 Å². The third kappa shape index (κ3) is 3.60. The van der Waals surface area contributed by atoms with Crippen molar-refractivity contribution in [3.8, 4) is 0 Å². The lowest BCUT2D eigenvalue weighted by Gasteiger charge is -2.47. The third-order valence-electron chi connectivity index (χ3n) is 5.34. The minimum Gasteiger partial charge on any atom is -0.339 e. The zero-order valence-electron chi connectivity index (χ0n) is 15.0. The zero-order chi connectivity index (χ0) is 18.0. The maximum absolute atomic E-state index is 12.7. The molecule has 136 valence electrons. The van der Waals surface area contributed by atoms with E-state index in [0.29, 0.717) is 31.3 Å². The topological polar surface area (TPSA) is 86.4 Å².